The predicted octanol–water partition coefficient (Wildman–Crippen LogP) is 0.873. The van der Waals surface area contributed by atoms with Crippen LogP contribution in [0.3, 0.4) is 0 Å². The van der Waals surface area contributed by atoms with Gasteiger partial charge in [-0.2, -0.15) is 0 Å². The standard InChI is InChI=1S/C14H20O7S/c1-4-10(15)19-7-11(16)20-12-8-5-6-9(14(8,2)3)13(12)21-22(17)18/h4,8-9,12-13H,1,5-7H2,2-3H3,(H,17,18)/p-1. The van der Waals surface area contributed by atoms with Crippen molar-refractivity contribution in [2.45, 2.75) is 38.9 Å². The highest BCUT2D eigenvalue weighted by Gasteiger charge is 2.61. The molecular formula is C14H19O7S-. The lowest BCUT2D eigenvalue weighted by Crippen LogP contribution is -2.39. The molecule has 8 heteroatoms. The molecule has 0 aliphatic heterocycles. The van der Waals surface area contributed by atoms with Gasteiger partial charge in [0.25, 0.3) is 0 Å². The Bertz CT molecular complexity index is 501. The summed E-state index contributed by atoms with van der Waals surface area (Å²) in [5.74, 6) is -1.43. The second-order valence-electron chi connectivity index (χ2n) is 6.14. The maximum Gasteiger partial charge on any atom is 0.344 e. The van der Waals surface area contributed by atoms with E-state index in [1.807, 2.05) is 13.8 Å². The van der Waals surface area contributed by atoms with Crippen molar-refractivity contribution in [1.82, 2.24) is 0 Å². The molecule has 5 unspecified atom stereocenters. The van der Waals surface area contributed by atoms with E-state index in [9.17, 15) is 18.4 Å². The van der Waals surface area contributed by atoms with Crippen LogP contribution in [-0.2, 0) is 34.6 Å². The van der Waals surface area contributed by atoms with Gasteiger partial charge in [-0.1, -0.05) is 20.4 Å². The van der Waals surface area contributed by atoms with Crippen LogP contribution in [0.1, 0.15) is 26.7 Å². The third-order valence-corrected chi connectivity index (χ3v) is 5.15. The van der Waals surface area contributed by atoms with Crippen LogP contribution < -0.4 is 0 Å². The molecule has 0 saturated heterocycles. The zero-order valence-corrected chi connectivity index (χ0v) is 13.3. The fourth-order valence-corrected chi connectivity index (χ4v) is 4.17. The van der Waals surface area contributed by atoms with E-state index in [2.05, 4.69) is 11.3 Å². The van der Waals surface area contributed by atoms with E-state index in [-0.39, 0.29) is 17.3 Å². The Kier molecular flexibility index (Phi) is 5.03. The van der Waals surface area contributed by atoms with E-state index in [1.165, 1.54) is 0 Å². The quantitative estimate of drug-likeness (QED) is 0.404. The Morgan fingerprint density at radius 3 is 2.45 bits per heavy atom. The van der Waals surface area contributed by atoms with Crippen molar-refractivity contribution in [2.24, 2.45) is 17.3 Å². The van der Waals surface area contributed by atoms with E-state index in [0.717, 1.165) is 18.9 Å². The number of carbonyl (C=O) groups excluding carboxylic acids is 2. The second kappa shape index (κ2) is 6.47. The van der Waals surface area contributed by atoms with Crippen molar-refractivity contribution in [3.8, 4) is 0 Å². The van der Waals surface area contributed by atoms with Gasteiger partial charge in [0.1, 0.15) is 12.2 Å². The molecule has 7 nitrogen and oxygen atoms in total. The Balaban J connectivity index is 2.04. The van der Waals surface area contributed by atoms with Gasteiger partial charge in [-0.25, -0.2) is 13.8 Å². The molecule has 0 radical (unpaired) electrons. The molecule has 2 bridgehead atoms. The topological polar surface area (TPSA) is 102 Å². The van der Waals surface area contributed by atoms with Crippen LogP contribution in [0.25, 0.3) is 0 Å². The van der Waals surface area contributed by atoms with Crippen molar-refractivity contribution in [3.05, 3.63) is 12.7 Å². The average Bonchev–Trinajstić information content (AvgIpc) is 2.83. The highest BCUT2D eigenvalue weighted by molar-refractivity contribution is 7.74. The number of ether oxygens (including phenoxy) is 2. The van der Waals surface area contributed by atoms with Gasteiger partial charge in [0.05, 0.1) is 11.4 Å². The Morgan fingerprint density at radius 1 is 1.32 bits per heavy atom. The fourth-order valence-electron chi connectivity index (χ4n) is 3.75. The van der Waals surface area contributed by atoms with Crippen LogP contribution in [0.15, 0.2) is 12.7 Å². The van der Waals surface area contributed by atoms with Gasteiger partial charge in [-0.3, -0.25) is 4.18 Å². The molecule has 0 spiro atoms. The molecule has 0 aromatic heterocycles. The molecule has 0 N–H and O–H groups in total. The maximum absolute atomic E-state index is 11.8. The lowest BCUT2D eigenvalue weighted by Gasteiger charge is -2.30. The summed E-state index contributed by atoms with van der Waals surface area (Å²) in [6.45, 7) is 6.72. The Hall–Kier alpha value is -1.25. The van der Waals surface area contributed by atoms with Crippen molar-refractivity contribution in [2.75, 3.05) is 6.61 Å². The minimum atomic E-state index is -2.68. The maximum atomic E-state index is 11.8. The lowest BCUT2D eigenvalue weighted by atomic mass is 9.82. The van der Waals surface area contributed by atoms with Crippen molar-refractivity contribution < 1.29 is 32.0 Å². The highest BCUT2D eigenvalue weighted by Crippen LogP contribution is 2.59. The minimum absolute atomic E-state index is 0.00363. The van der Waals surface area contributed by atoms with Gasteiger partial charge in [0, 0.05) is 12.0 Å². The zero-order valence-electron chi connectivity index (χ0n) is 12.5. The fraction of sp³-hybridized carbons (Fsp3) is 0.714. The van der Waals surface area contributed by atoms with Gasteiger partial charge >= 0.3 is 11.9 Å². The van der Waals surface area contributed by atoms with Crippen LogP contribution in [-0.4, -0.2) is 39.5 Å². The van der Waals surface area contributed by atoms with Crippen LogP contribution in [0.4, 0.5) is 0 Å². The molecule has 22 heavy (non-hydrogen) atoms. The number of hydrogen-bond donors (Lipinski definition) is 0. The van der Waals surface area contributed by atoms with E-state index >= 15 is 0 Å². The SMILES string of the molecule is C=CC(=O)OCC(=O)OC1C(OS(=O)[O-])C2CCC1C2(C)C. The summed E-state index contributed by atoms with van der Waals surface area (Å²) in [4.78, 5) is 22.7. The normalized spacial score (nSPS) is 33.2. The van der Waals surface area contributed by atoms with Gasteiger partial charge in [-0.05, 0) is 24.2 Å². The first-order valence-corrected chi connectivity index (χ1v) is 8.02. The molecule has 5 atom stereocenters. The summed E-state index contributed by atoms with van der Waals surface area (Å²) >= 11 is -2.68. The Morgan fingerprint density at radius 2 is 1.91 bits per heavy atom. The molecule has 2 rings (SSSR count). The van der Waals surface area contributed by atoms with Crippen molar-refractivity contribution in [1.29, 1.82) is 0 Å². The third kappa shape index (κ3) is 3.23. The third-order valence-electron chi connectivity index (χ3n) is 4.77. The molecule has 2 saturated carbocycles. The highest BCUT2D eigenvalue weighted by atomic mass is 32.2. The summed E-state index contributed by atoms with van der Waals surface area (Å²) in [7, 11) is 0. The molecule has 0 heterocycles. The molecule has 0 amide bonds. The smallest absolute Gasteiger partial charge is 0.344 e. The van der Waals surface area contributed by atoms with Crippen LogP contribution in [0.5, 0.6) is 0 Å². The molecule has 124 valence electrons. The Labute approximate surface area is 131 Å². The van der Waals surface area contributed by atoms with E-state index < -0.39 is 42.1 Å². The number of carbonyl (C=O) groups is 2. The zero-order chi connectivity index (χ0) is 16.5. The van der Waals surface area contributed by atoms with Crippen LogP contribution in [0.2, 0.25) is 0 Å². The monoisotopic (exact) mass is 331 g/mol. The van der Waals surface area contributed by atoms with Crippen LogP contribution in [0, 0.1) is 17.3 Å². The summed E-state index contributed by atoms with van der Waals surface area (Å²) in [6, 6.07) is 0. The number of esters is 2. The molecule has 2 aliphatic rings. The van der Waals surface area contributed by atoms with Crippen LogP contribution >= 0.6 is 0 Å². The minimum Gasteiger partial charge on any atom is -0.750 e. The first-order valence-electron chi connectivity index (χ1n) is 7.02. The lowest BCUT2D eigenvalue weighted by molar-refractivity contribution is -0.166. The molecule has 2 aliphatic carbocycles. The number of fused-ring (bicyclic) bond motifs is 2. The summed E-state index contributed by atoms with van der Waals surface area (Å²) in [5, 5.41) is 0. The largest absolute Gasteiger partial charge is 0.750 e. The van der Waals surface area contributed by atoms with E-state index in [1.54, 1.807) is 0 Å². The number of rotatable bonds is 6. The molecule has 0 aromatic rings. The summed E-state index contributed by atoms with van der Waals surface area (Å²) in [6.07, 6.45) is 1.28. The molecular weight excluding hydrogens is 312 g/mol. The first kappa shape index (κ1) is 17.1. The average molecular weight is 331 g/mol. The summed E-state index contributed by atoms with van der Waals surface area (Å²) in [5.41, 5.74) is -0.174. The van der Waals surface area contributed by atoms with E-state index in [0.29, 0.717) is 0 Å². The predicted molar refractivity (Wildman–Crippen MR) is 74.8 cm³/mol. The number of hydrogen-bond acceptors (Lipinski definition) is 7. The second-order valence-corrected chi connectivity index (χ2v) is 6.74. The first-order chi connectivity index (χ1) is 10.3. The van der Waals surface area contributed by atoms with Gasteiger partial charge in [0.15, 0.2) is 6.61 Å². The van der Waals surface area contributed by atoms with Gasteiger partial charge in [0.2, 0.25) is 0 Å². The van der Waals surface area contributed by atoms with Gasteiger partial charge < -0.3 is 14.0 Å². The molecule has 2 fully saturated rings. The van der Waals surface area contributed by atoms with Crippen molar-refractivity contribution >= 4 is 23.3 Å². The van der Waals surface area contributed by atoms with Crippen molar-refractivity contribution in [3.63, 3.8) is 0 Å². The summed E-state index contributed by atoms with van der Waals surface area (Å²) < 4.78 is 36.7. The van der Waals surface area contributed by atoms with E-state index in [4.69, 9.17) is 8.92 Å². The molecule has 0 aromatic carbocycles. The van der Waals surface area contributed by atoms with Gasteiger partial charge in [-0.15, -0.1) is 0 Å².